The van der Waals surface area contributed by atoms with Crippen LogP contribution in [0.1, 0.15) is 23.5 Å². The van der Waals surface area contributed by atoms with Crippen molar-refractivity contribution in [2.45, 2.75) is 18.8 Å². The highest BCUT2D eigenvalue weighted by Gasteiger charge is 2.34. The summed E-state index contributed by atoms with van der Waals surface area (Å²) in [5.74, 6) is 0.0140. The normalized spacial score (nSPS) is 19.2. The van der Waals surface area contributed by atoms with Gasteiger partial charge in [0, 0.05) is 32.7 Å². The average Bonchev–Trinajstić information content (AvgIpc) is 2.75. The van der Waals surface area contributed by atoms with Crippen LogP contribution in [0, 0.1) is 5.92 Å². The van der Waals surface area contributed by atoms with E-state index in [2.05, 4.69) is 17.4 Å². The first kappa shape index (κ1) is 20.1. The van der Waals surface area contributed by atoms with Crippen LogP contribution in [0.25, 0.3) is 0 Å². The van der Waals surface area contributed by atoms with E-state index in [1.54, 1.807) is 7.11 Å². The Labute approximate surface area is 166 Å². The molecule has 5 nitrogen and oxygen atoms in total. The van der Waals surface area contributed by atoms with Crippen LogP contribution in [0.2, 0.25) is 0 Å². The lowest BCUT2D eigenvalue weighted by Gasteiger charge is -2.37. The number of piperidine rings is 1. The number of benzene rings is 2. The van der Waals surface area contributed by atoms with Gasteiger partial charge in [0.05, 0.1) is 18.9 Å². The van der Waals surface area contributed by atoms with Crippen molar-refractivity contribution in [2.75, 3.05) is 33.4 Å². The summed E-state index contributed by atoms with van der Waals surface area (Å²) >= 11 is 0. The smallest absolute Gasteiger partial charge is 0.227 e. The highest BCUT2D eigenvalue weighted by atomic mass is 16.5. The van der Waals surface area contributed by atoms with Crippen molar-refractivity contribution in [1.82, 2.24) is 10.2 Å². The molecule has 1 N–H and O–H groups in total. The Morgan fingerprint density at radius 1 is 1.04 bits per heavy atom. The van der Waals surface area contributed by atoms with Crippen molar-refractivity contribution >= 4 is 11.8 Å². The van der Waals surface area contributed by atoms with Gasteiger partial charge in [0.25, 0.3) is 0 Å². The van der Waals surface area contributed by atoms with E-state index in [9.17, 15) is 9.59 Å². The fourth-order valence-corrected chi connectivity index (χ4v) is 3.76. The molecule has 2 aromatic rings. The number of hydrogen-bond donors (Lipinski definition) is 1. The Morgan fingerprint density at radius 2 is 1.71 bits per heavy atom. The second-order valence-corrected chi connectivity index (χ2v) is 7.29. The van der Waals surface area contributed by atoms with Crippen LogP contribution in [-0.4, -0.2) is 50.1 Å². The SMILES string of the molecule is COCCNC(=O)[C@H]1C[C@H](c2ccccc2)CN(C(=O)Cc2ccccc2)C1. The van der Waals surface area contributed by atoms with Gasteiger partial charge >= 0.3 is 0 Å². The Kier molecular flexibility index (Phi) is 7.20. The maximum absolute atomic E-state index is 12.9. The lowest BCUT2D eigenvalue weighted by atomic mass is 9.84. The van der Waals surface area contributed by atoms with Crippen molar-refractivity contribution in [3.63, 3.8) is 0 Å². The van der Waals surface area contributed by atoms with Gasteiger partial charge in [-0.3, -0.25) is 9.59 Å². The van der Waals surface area contributed by atoms with Crippen molar-refractivity contribution in [2.24, 2.45) is 5.92 Å². The third-order valence-electron chi connectivity index (χ3n) is 5.25. The van der Waals surface area contributed by atoms with Crippen LogP contribution in [0.3, 0.4) is 0 Å². The number of carbonyl (C=O) groups excluding carboxylic acids is 2. The maximum atomic E-state index is 12.9. The quantitative estimate of drug-likeness (QED) is 0.752. The molecule has 2 atom stereocenters. The molecule has 0 spiro atoms. The molecule has 1 aliphatic heterocycles. The summed E-state index contributed by atoms with van der Waals surface area (Å²) in [6, 6.07) is 19.9. The van der Waals surface area contributed by atoms with Crippen molar-refractivity contribution < 1.29 is 14.3 Å². The zero-order valence-electron chi connectivity index (χ0n) is 16.3. The van der Waals surface area contributed by atoms with Gasteiger partial charge in [0.2, 0.25) is 11.8 Å². The number of ether oxygens (including phenoxy) is 1. The summed E-state index contributed by atoms with van der Waals surface area (Å²) in [5.41, 5.74) is 2.17. The molecule has 5 heteroatoms. The molecule has 148 valence electrons. The highest BCUT2D eigenvalue weighted by molar-refractivity contribution is 5.82. The summed E-state index contributed by atoms with van der Waals surface area (Å²) in [5, 5.41) is 2.93. The summed E-state index contributed by atoms with van der Waals surface area (Å²) in [6.45, 7) is 2.09. The minimum absolute atomic E-state index is 0.00445. The lowest BCUT2D eigenvalue weighted by Crippen LogP contribution is -2.48. The first-order valence-electron chi connectivity index (χ1n) is 9.80. The van der Waals surface area contributed by atoms with Gasteiger partial charge < -0.3 is 15.0 Å². The molecule has 1 saturated heterocycles. The number of methoxy groups -OCH3 is 1. The molecule has 0 saturated carbocycles. The number of hydrogen-bond acceptors (Lipinski definition) is 3. The average molecular weight is 380 g/mol. The fourth-order valence-electron chi connectivity index (χ4n) is 3.76. The van der Waals surface area contributed by atoms with Gasteiger partial charge in [-0.2, -0.15) is 0 Å². The minimum atomic E-state index is -0.212. The van der Waals surface area contributed by atoms with Crippen LogP contribution in [-0.2, 0) is 20.7 Å². The number of nitrogens with one attached hydrogen (secondary N) is 1. The van der Waals surface area contributed by atoms with E-state index < -0.39 is 0 Å². The predicted molar refractivity (Wildman–Crippen MR) is 109 cm³/mol. The number of likely N-dealkylation sites (tertiary alicyclic amines) is 1. The molecule has 0 bridgehead atoms. The van der Waals surface area contributed by atoms with Crippen molar-refractivity contribution in [3.8, 4) is 0 Å². The van der Waals surface area contributed by atoms with Crippen LogP contribution >= 0.6 is 0 Å². The van der Waals surface area contributed by atoms with E-state index in [1.165, 1.54) is 5.56 Å². The number of amides is 2. The standard InChI is InChI=1S/C23H28N2O3/c1-28-13-12-24-23(27)21-15-20(19-10-6-3-7-11-19)16-25(17-21)22(26)14-18-8-4-2-5-9-18/h2-11,20-21H,12-17H2,1H3,(H,24,27)/t20-,21-/m0/s1. The molecule has 3 rings (SSSR count). The molecule has 1 heterocycles. The molecule has 0 aromatic heterocycles. The molecule has 0 aliphatic carbocycles. The van der Waals surface area contributed by atoms with Gasteiger partial charge in [0.15, 0.2) is 0 Å². The van der Waals surface area contributed by atoms with E-state index in [0.717, 1.165) is 12.0 Å². The monoisotopic (exact) mass is 380 g/mol. The molecule has 2 amide bonds. The van der Waals surface area contributed by atoms with E-state index >= 15 is 0 Å². The Bertz CT molecular complexity index is 764. The van der Waals surface area contributed by atoms with Crippen LogP contribution in [0.5, 0.6) is 0 Å². The molecule has 2 aromatic carbocycles. The molecule has 28 heavy (non-hydrogen) atoms. The number of nitrogens with zero attached hydrogens (tertiary/aromatic N) is 1. The second kappa shape index (κ2) is 10.0. The Hall–Kier alpha value is -2.66. The largest absolute Gasteiger partial charge is 0.383 e. The summed E-state index contributed by atoms with van der Waals surface area (Å²) in [6.07, 6.45) is 1.11. The Balaban J connectivity index is 1.72. The van der Waals surface area contributed by atoms with Crippen molar-refractivity contribution in [1.29, 1.82) is 0 Å². The minimum Gasteiger partial charge on any atom is -0.383 e. The topological polar surface area (TPSA) is 58.6 Å². The predicted octanol–water partition coefficient (Wildman–Crippen LogP) is 2.62. The first-order valence-corrected chi connectivity index (χ1v) is 9.80. The molecular weight excluding hydrogens is 352 g/mol. The van der Waals surface area contributed by atoms with Crippen LogP contribution < -0.4 is 5.32 Å². The Morgan fingerprint density at radius 3 is 2.39 bits per heavy atom. The number of carbonyl (C=O) groups is 2. The summed E-state index contributed by atoms with van der Waals surface area (Å²) < 4.78 is 5.02. The molecule has 1 aliphatic rings. The van der Waals surface area contributed by atoms with E-state index in [4.69, 9.17) is 4.74 Å². The van der Waals surface area contributed by atoms with Gasteiger partial charge in [-0.05, 0) is 17.5 Å². The summed E-state index contributed by atoms with van der Waals surface area (Å²) in [4.78, 5) is 27.5. The van der Waals surface area contributed by atoms with Crippen LogP contribution in [0.15, 0.2) is 60.7 Å². The molecule has 0 unspecified atom stereocenters. The number of rotatable bonds is 7. The molecular formula is C23H28N2O3. The van der Waals surface area contributed by atoms with Gasteiger partial charge in [-0.15, -0.1) is 0 Å². The maximum Gasteiger partial charge on any atom is 0.227 e. The molecule has 1 fully saturated rings. The second-order valence-electron chi connectivity index (χ2n) is 7.29. The van der Waals surface area contributed by atoms with Crippen LogP contribution in [0.4, 0.5) is 0 Å². The highest BCUT2D eigenvalue weighted by Crippen LogP contribution is 2.30. The van der Waals surface area contributed by atoms with Crippen molar-refractivity contribution in [3.05, 3.63) is 71.8 Å². The first-order chi connectivity index (χ1) is 13.7. The van der Waals surface area contributed by atoms with Gasteiger partial charge in [0.1, 0.15) is 0 Å². The van der Waals surface area contributed by atoms with Gasteiger partial charge in [-0.1, -0.05) is 60.7 Å². The molecule has 0 radical (unpaired) electrons. The summed E-state index contributed by atoms with van der Waals surface area (Å²) in [7, 11) is 1.61. The van der Waals surface area contributed by atoms with E-state index in [0.29, 0.717) is 32.7 Å². The third kappa shape index (κ3) is 5.42. The van der Waals surface area contributed by atoms with E-state index in [-0.39, 0.29) is 23.7 Å². The van der Waals surface area contributed by atoms with Gasteiger partial charge in [-0.25, -0.2) is 0 Å². The third-order valence-corrected chi connectivity index (χ3v) is 5.25. The van der Waals surface area contributed by atoms with E-state index in [1.807, 2.05) is 53.4 Å². The zero-order chi connectivity index (χ0) is 19.8. The lowest BCUT2D eigenvalue weighted by molar-refractivity contribution is -0.135. The zero-order valence-corrected chi connectivity index (χ0v) is 16.3. The fraction of sp³-hybridized carbons (Fsp3) is 0.391.